The number of benzene rings is 1. The van der Waals surface area contributed by atoms with Crippen LogP contribution in [0.4, 0.5) is 0 Å². The highest BCUT2D eigenvalue weighted by molar-refractivity contribution is 7.99. The molecule has 0 saturated heterocycles. The van der Waals surface area contributed by atoms with Crippen molar-refractivity contribution in [2.45, 2.75) is 18.5 Å². The molecule has 3 aromatic rings. The highest BCUT2D eigenvalue weighted by Crippen LogP contribution is 2.25. The van der Waals surface area contributed by atoms with E-state index in [0.29, 0.717) is 6.42 Å². The molecular weight excluding hydrogens is 256 g/mol. The van der Waals surface area contributed by atoms with Gasteiger partial charge in [-0.3, -0.25) is 4.40 Å². The first-order chi connectivity index (χ1) is 9.31. The molecular formula is C14H12N4S. The van der Waals surface area contributed by atoms with Gasteiger partial charge in [-0.2, -0.15) is 5.26 Å². The summed E-state index contributed by atoms with van der Waals surface area (Å²) in [5.41, 5.74) is 3.17. The maximum absolute atomic E-state index is 8.61. The second kappa shape index (κ2) is 4.90. The van der Waals surface area contributed by atoms with Crippen molar-refractivity contribution in [3.8, 4) is 6.07 Å². The minimum Gasteiger partial charge on any atom is -0.270 e. The Balaban J connectivity index is 2.20. The summed E-state index contributed by atoms with van der Waals surface area (Å²) in [6, 6.07) is 12.4. The molecule has 1 aromatic carbocycles. The summed E-state index contributed by atoms with van der Waals surface area (Å²) in [6.07, 6.45) is 0.517. The molecule has 0 N–H and O–H groups in total. The van der Waals surface area contributed by atoms with E-state index < -0.39 is 0 Å². The normalized spacial score (nSPS) is 10.9. The van der Waals surface area contributed by atoms with Crippen LogP contribution in [0.25, 0.3) is 16.6 Å². The second-order valence-electron chi connectivity index (χ2n) is 4.28. The van der Waals surface area contributed by atoms with Crippen LogP contribution in [-0.2, 0) is 0 Å². The molecule has 19 heavy (non-hydrogen) atoms. The zero-order chi connectivity index (χ0) is 13.2. The van der Waals surface area contributed by atoms with Gasteiger partial charge in [-0.15, -0.1) is 10.2 Å². The number of fused-ring (bicyclic) bond motifs is 3. The monoisotopic (exact) mass is 268 g/mol. The van der Waals surface area contributed by atoms with Gasteiger partial charge in [0.25, 0.3) is 0 Å². The third kappa shape index (κ3) is 2.04. The Morgan fingerprint density at radius 1 is 1.32 bits per heavy atom. The Hall–Kier alpha value is -2.06. The predicted molar refractivity (Wildman–Crippen MR) is 76.2 cm³/mol. The lowest BCUT2D eigenvalue weighted by Crippen LogP contribution is -1.93. The summed E-state index contributed by atoms with van der Waals surface area (Å²) < 4.78 is 2.06. The van der Waals surface area contributed by atoms with Crippen LogP contribution in [-0.4, -0.2) is 20.4 Å². The van der Waals surface area contributed by atoms with Crippen molar-refractivity contribution in [2.24, 2.45) is 0 Å². The molecule has 2 heterocycles. The van der Waals surface area contributed by atoms with Gasteiger partial charge in [0.2, 0.25) is 0 Å². The SMILES string of the molecule is Cc1cc2nnc(SCCC#N)n2c2ccccc12. The quantitative estimate of drug-likeness (QED) is 0.540. The molecule has 0 aliphatic rings. The van der Waals surface area contributed by atoms with Crippen molar-refractivity contribution in [1.29, 1.82) is 5.26 Å². The first-order valence-corrected chi connectivity index (χ1v) is 7.03. The molecule has 0 fully saturated rings. The molecule has 2 aromatic heterocycles. The van der Waals surface area contributed by atoms with Gasteiger partial charge >= 0.3 is 0 Å². The van der Waals surface area contributed by atoms with E-state index >= 15 is 0 Å². The number of hydrogen-bond acceptors (Lipinski definition) is 4. The van der Waals surface area contributed by atoms with Crippen molar-refractivity contribution >= 4 is 28.3 Å². The number of rotatable bonds is 3. The van der Waals surface area contributed by atoms with Crippen molar-refractivity contribution < 1.29 is 0 Å². The summed E-state index contributed by atoms with van der Waals surface area (Å²) in [7, 11) is 0. The van der Waals surface area contributed by atoms with Crippen LogP contribution in [0.3, 0.4) is 0 Å². The minimum absolute atomic E-state index is 0.517. The fraction of sp³-hybridized carbons (Fsp3) is 0.214. The van der Waals surface area contributed by atoms with Crippen molar-refractivity contribution in [3.05, 3.63) is 35.9 Å². The second-order valence-corrected chi connectivity index (χ2v) is 5.34. The zero-order valence-electron chi connectivity index (χ0n) is 10.5. The Morgan fingerprint density at radius 2 is 2.16 bits per heavy atom. The van der Waals surface area contributed by atoms with Crippen LogP contribution >= 0.6 is 11.8 Å². The average molecular weight is 268 g/mol. The first kappa shape index (κ1) is 12.0. The molecule has 0 amide bonds. The van der Waals surface area contributed by atoms with Crippen molar-refractivity contribution in [3.63, 3.8) is 0 Å². The maximum Gasteiger partial charge on any atom is 0.196 e. The van der Waals surface area contributed by atoms with E-state index in [1.165, 1.54) is 10.9 Å². The maximum atomic E-state index is 8.61. The van der Waals surface area contributed by atoms with Gasteiger partial charge in [0.1, 0.15) is 0 Å². The smallest absolute Gasteiger partial charge is 0.196 e. The molecule has 0 saturated carbocycles. The van der Waals surface area contributed by atoms with E-state index in [0.717, 1.165) is 22.1 Å². The lowest BCUT2D eigenvalue weighted by atomic mass is 10.1. The molecule has 94 valence electrons. The largest absolute Gasteiger partial charge is 0.270 e. The number of pyridine rings is 1. The molecule has 0 bridgehead atoms. The topological polar surface area (TPSA) is 54.0 Å². The molecule has 0 aliphatic heterocycles. The van der Waals surface area contributed by atoms with Gasteiger partial charge in [-0.25, -0.2) is 0 Å². The average Bonchev–Trinajstić information content (AvgIpc) is 2.83. The van der Waals surface area contributed by atoms with E-state index in [1.54, 1.807) is 11.8 Å². The Kier molecular flexibility index (Phi) is 3.10. The van der Waals surface area contributed by atoms with Crippen LogP contribution < -0.4 is 0 Å². The first-order valence-electron chi connectivity index (χ1n) is 6.04. The van der Waals surface area contributed by atoms with Gasteiger partial charge < -0.3 is 0 Å². The van der Waals surface area contributed by atoms with E-state index in [1.807, 2.05) is 18.2 Å². The van der Waals surface area contributed by atoms with Gasteiger partial charge in [-0.1, -0.05) is 30.0 Å². The molecule has 0 aliphatic carbocycles. The number of nitrogens with zero attached hydrogens (tertiary/aromatic N) is 4. The summed E-state index contributed by atoms with van der Waals surface area (Å²) >= 11 is 1.57. The number of aromatic nitrogens is 3. The Labute approximate surface area is 115 Å². The van der Waals surface area contributed by atoms with Crippen LogP contribution in [0.1, 0.15) is 12.0 Å². The summed E-state index contributed by atoms with van der Waals surface area (Å²) in [5, 5.41) is 19.1. The zero-order valence-corrected chi connectivity index (χ0v) is 11.3. The number of para-hydroxylation sites is 1. The minimum atomic E-state index is 0.517. The van der Waals surface area contributed by atoms with Crippen molar-refractivity contribution in [2.75, 3.05) is 5.75 Å². The summed E-state index contributed by atoms with van der Waals surface area (Å²) in [5.74, 6) is 0.736. The van der Waals surface area contributed by atoms with Gasteiger partial charge in [0.05, 0.1) is 11.6 Å². The predicted octanol–water partition coefficient (Wildman–Crippen LogP) is 3.20. The molecule has 3 rings (SSSR count). The molecule has 4 nitrogen and oxygen atoms in total. The molecule has 0 radical (unpaired) electrons. The molecule has 0 atom stereocenters. The highest BCUT2D eigenvalue weighted by Gasteiger charge is 2.10. The van der Waals surface area contributed by atoms with Gasteiger partial charge in [0.15, 0.2) is 10.8 Å². The van der Waals surface area contributed by atoms with E-state index in [2.05, 4.69) is 39.7 Å². The third-order valence-corrected chi connectivity index (χ3v) is 3.95. The van der Waals surface area contributed by atoms with Gasteiger partial charge in [-0.05, 0) is 24.6 Å². The fourth-order valence-electron chi connectivity index (χ4n) is 2.16. The van der Waals surface area contributed by atoms with Crippen LogP contribution in [0.2, 0.25) is 0 Å². The molecule has 0 spiro atoms. The standard InChI is InChI=1S/C14H12N4S/c1-10-9-13-16-17-14(19-8-4-7-15)18(13)12-6-3-2-5-11(10)12/h2-3,5-6,9H,4,8H2,1H3. The third-order valence-electron chi connectivity index (χ3n) is 3.02. The Bertz CT molecular complexity index is 785. The molecule has 0 unspecified atom stereocenters. The van der Waals surface area contributed by atoms with Gasteiger partial charge in [0, 0.05) is 17.6 Å². The summed E-state index contributed by atoms with van der Waals surface area (Å²) in [4.78, 5) is 0. The number of nitriles is 1. The lowest BCUT2D eigenvalue weighted by molar-refractivity contribution is 0.939. The van der Waals surface area contributed by atoms with Crippen LogP contribution in [0, 0.1) is 18.3 Å². The Morgan fingerprint density at radius 3 is 3.00 bits per heavy atom. The number of aryl methyl sites for hydroxylation is 1. The lowest BCUT2D eigenvalue weighted by Gasteiger charge is -2.06. The summed E-state index contributed by atoms with van der Waals surface area (Å²) in [6.45, 7) is 2.08. The van der Waals surface area contributed by atoms with E-state index in [4.69, 9.17) is 5.26 Å². The van der Waals surface area contributed by atoms with Crippen molar-refractivity contribution in [1.82, 2.24) is 14.6 Å². The van der Waals surface area contributed by atoms with Crippen LogP contribution in [0.15, 0.2) is 35.5 Å². The van der Waals surface area contributed by atoms with E-state index in [-0.39, 0.29) is 0 Å². The van der Waals surface area contributed by atoms with E-state index in [9.17, 15) is 0 Å². The highest BCUT2D eigenvalue weighted by atomic mass is 32.2. The van der Waals surface area contributed by atoms with Crippen LogP contribution in [0.5, 0.6) is 0 Å². The number of thioether (sulfide) groups is 1. The fourth-order valence-corrected chi connectivity index (χ4v) is 2.95. The number of hydrogen-bond donors (Lipinski definition) is 0. The molecule has 5 heteroatoms.